The first kappa shape index (κ1) is 13.9. The molecule has 0 radical (unpaired) electrons. The minimum absolute atomic E-state index is 0.0382. The minimum Gasteiger partial charge on any atom is -0.380 e. The molecular weight excluding hydrogens is 260 g/mol. The first-order valence-corrected chi connectivity index (χ1v) is 6.62. The molecule has 0 bridgehead atoms. The van der Waals surface area contributed by atoms with Crippen LogP contribution in [-0.2, 0) is 19.0 Å². The van der Waals surface area contributed by atoms with Crippen molar-refractivity contribution >= 4 is 17.3 Å². The lowest BCUT2D eigenvalue weighted by atomic mass is 9.89. The fourth-order valence-corrected chi connectivity index (χ4v) is 2.09. The van der Waals surface area contributed by atoms with E-state index in [0.29, 0.717) is 5.15 Å². The van der Waals surface area contributed by atoms with Gasteiger partial charge in [0.1, 0.15) is 5.15 Å². The second-order valence-corrected chi connectivity index (χ2v) is 6.04. The molecule has 1 N–H and O–H groups in total. The van der Waals surface area contributed by atoms with Crippen LogP contribution in [-0.4, -0.2) is 14.8 Å². The van der Waals surface area contributed by atoms with E-state index in [-0.39, 0.29) is 5.41 Å². The topological polar surface area (TPSA) is 42.7 Å². The molecule has 102 valence electrons. The van der Waals surface area contributed by atoms with Gasteiger partial charge in [-0.1, -0.05) is 32.4 Å². The zero-order chi connectivity index (χ0) is 14.0. The predicted molar refractivity (Wildman–Crippen MR) is 78.5 cm³/mol. The van der Waals surface area contributed by atoms with Gasteiger partial charge in [-0.2, -0.15) is 5.10 Å². The highest BCUT2D eigenvalue weighted by molar-refractivity contribution is 6.29. The quantitative estimate of drug-likeness (QED) is 0.876. The molecule has 4 nitrogen and oxygen atoms in total. The summed E-state index contributed by atoms with van der Waals surface area (Å²) < 4.78 is 1.86. The first-order valence-electron chi connectivity index (χ1n) is 6.24. The molecule has 0 aliphatic heterocycles. The van der Waals surface area contributed by atoms with Crippen molar-refractivity contribution in [1.29, 1.82) is 0 Å². The van der Waals surface area contributed by atoms with Gasteiger partial charge in [0.2, 0.25) is 0 Å². The van der Waals surface area contributed by atoms with E-state index < -0.39 is 0 Å². The van der Waals surface area contributed by atoms with Gasteiger partial charge >= 0.3 is 0 Å². The molecule has 0 amide bonds. The van der Waals surface area contributed by atoms with Crippen molar-refractivity contribution in [2.75, 3.05) is 5.32 Å². The number of anilines is 1. The Labute approximate surface area is 118 Å². The summed E-state index contributed by atoms with van der Waals surface area (Å²) in [6.45, 7) is 7.23. The molecule has 0 aliphatic rings. The second-order valence-electron chi connectivity index (χ2n) is 5.65. The fourth-order valence-electron chi connectivity index (χ4n) is 1.98. The average Bonchev–Trinajstić information content (AvgIpc) is 2.70. The zero-order valence-electron chi connectivity index (χ0n) is 11.7. The maximum atomic E-state index is 5.77. The standard InChI is InChI=1S/C14H19ClN4/c1-14(2,3)13-10(9-19(4)18-13)7-16-11-5-6-12(15)17-8-11/h5-6,8-9,16H,7H2,1-4H3. The van der Waals surface area contributed by atoms with Crippen molar-refractivity contribution in [3.63, 3.8) is 0 Å². The van der Waals surface area contributed by atoms with E-state index in [1.807, 2.05) is 17.8 Å². The molecule has 19 heavy (non-hydrogen) atoms. The number of aromatic nitrogens is 3. The summed E-state index contributed by atoms with van der Waals surface area (Å²) in [6.07, 6.45) is 3.78. The van der Waals surface area contributed by atoms with Crippen LogP contribution in [0.3, 0.4) is 0 Å². The predicted octanol–water partition coefficient (Wildman–Crippen LogP) is 3.38. The van der Waals surface area contributed by atoms with Crippen LogP contribution in [0.15, 0.2) is 24.5 Å². The second kappa shape index (κ2) is 5.21. The lowest BCUT2D eigenvalue weighted by Crippen LogP contribution is -2.16. The lowest BCUT2D eigenvalue weighted by molar-refractivity contribution is 0.549. The summed E-state index contributed by atoms with van der Waals surface area (Å²) >= 11 is 5.77. The molecule has 2 aromatic heterocycles. The Hall–Kier alpha value is -1.55. The van der Waals surface area contributed by atoms with Crippen molar-refractivity contribution in [3.05, 3.63) is 40.9 Å². The van der Waals surface area contributed by atoms with Crippen LogP contribution in [0.4, 0.5) is 5.69 Å². The van der Waals surface area contributed by atoms with Crippen molar-refractivity contribution < 1.29 is 0 Å². The third-order valence-electron chi connectivity index (χ3n) is 2.83. The monoisotopic (exact) mass is 278 g/mol. The summed E-state index contributed by atoms with van der Waals surface area (Å²) in [5.74, 6) is 0. The van der Waals surface area contributed by atoms with E-state index in [2.05, 4.69) is 42.4 Å². The summed E-state index contributed by atoms with van der Waals surface area (Å²) in [4.78, 5) is 4.05. The average molecular weight is 279 g/mol. The van der Waals surface area contributed by atoms with Crippen LogP contribution >= 0.6 is 11.6 Å². The molecule has 0 saturated heterocycles. The zero-order valence-corrected chi connectivity index (χ0v) is 12.5. The van der Waals surface area contributed by atoms with Gasteiger partial charge < -0.3 is 5.32 Å². The molecule has 0 fully saturated rings. The van der Waals surface area contributed by atoms with Gasteiger partial charge in [0.15, 0.2) is 0 Å². The van der Waals surface area contributed by atoms with Crippen LogP contribution in [0.25, 0.3) is 0 Å². The summed E-state index contributed by atoms with van der Waals surface area (Å²) in [5, 5.41) is 8.39. The van der Waals surface area contributed by atoms with E-state index in [1.54, 1.807) is 12.3 Å². The van der Waals surface area contributed by atoms with Crippen molar-refractivity contribution in [2.24, 2.45) is 7.05 Å². The lowest BCUT2D eigenvalue weighted by Gasteiger charge is -2.17. The Morgan fingerprint density at radius 2 is 2.05 bits per heavy atom. The van der Waals surface area contributed by atoms with E-state index in [9.17, 15) is 0 Å². The van der Waals surface area contributed by atoms with Crippen LogP contribution in [0.1, 0.15) is 32.0 Å². The number of nitrogens with zero attached hydrogens (tertiary/aromatic N) is 3. The molecular formula is C14H19ClN4. The van der Waals surface area contributed by atoms with Gasteiger partial charge in [-0.25, -0.2) is 4.98 Å². The van der Waals surface area contributed by atoms with Gasteiger partial charge in [0.05, 0.1) is 17.6 Å². The molecule has 0 aromatic carbocycles. The normalized spacial score (nSPS) is 11.6. The Morgan fingerprint density at radius 1 is 1.32 bits per heavy atom. The van der Waals surface area contributed by atoms with Crippen LogP contribution < -0.4 is 5.32 Å². The number of nitrogens with one attached hydrogen (secondary N) is 1. The highest BCUT2D eigenvalue weighted by atomic mass is 35.5. The van der Waals surface area contributed by atoms with Crippen molar-refractivity contribution in [1.82, 2.24) is 14.8 Å². The number of hydrogen-bond acceptors (Lipinski definition) is 3. The van der Waals surface area contributed by atoms with E-state index in [1.165, 1.54) is 5.56 Å². The fraction of sp³-hybridized carbons (Fsp3) is 0.429. The first-order chi connectivity index (χ1) is 8.86. The van der Waals surface area contributed by atoms with Crippen molar-refractivity contribution in [2.45, 2.75) is 32.7 Å². The summed E-state index contributed by atoms with van der Waals surface area (Å²) in [5.41, 5.74) is 3.30. The maximum Gasteiger partial charge on any atom is 0.129 e. The van der Waals surface area contributed by atoms with Crippen LogP contribution in [0.2, 0.25) is 5.15 Å². The highest BCUT2D eigenvalue weighted by Gasteiger charge is 2.21. The molecule has 2 rings (SSSR count). The van der Waals surface area contributed by atoms with Gasteiger partial charge in [0, 0.05) is 30.8 Å². The third kappa shape index (κ3) is 3.47. The molecule has 5 heteroatoms. The smallest absolute Gasteiger partial charge is 0.129 e. The molecule has 2 aromatic rings. The van der Waals surface area contributed by atoms with E-state index >= 15 is 0 Å². The molecule has 0 aliphatic carbocycles. The minimum atomic E-state index is 0.0382. The Morgan fingerprint density at radius 3 is 2.63 bits per heavy atom. The third-order valence-corrected chi connectivity index (χ3v) is 3.05. The largest absolute Gasteiger partial charge is 0.380 e. The Balaban J connectivity index is 2.13. The Kier molecular flexibility index (Phi) is 3.80. The van der Waals surface area contributed by atoms with E-state index in [0.717, 1.165) is 17.9 Å². The van der Waals surface area contributed by atoms with Gasteiger partial charge in [0.25, 0.3) is 0 Å². The maximum absolute atomic E-state index is 5.77. The van der Waals surface area contributed by atoms with Gasteiger partial charge in [-0.3, -0.25) is 4.68 Å². The number of aryl methyl sites for hydroxylation is 1. The van der Waals surface area contributed by atoms with Gasteiger partial charge in [-0.05, 0) is 12.1 Å². The molecule has 0 atom stereocenters. The molecule has 0 saturated carbocycles. The number of halogens is 1. The van der Waals surface area contributed by atoms with Crippen LogP contribution in [0.5, 0.6) is 0 Å². The summed E-state index contributed by atoms with van der Waals surface area (Å²) in [6, 6.07) is 3.69. The SMILES string of the molecule is Cn1cc(CNc2ccc(Cl)nc2)c(C(C)(C)C)n1. The van der Waals surface area contributed by atoms with Gasteiger partial charge in [-0.15, -0.1) is 0 Å². The molecule has 0 spiro atoms. The van der Waals surface area contributed by atoms with Crippen molar-refractivity contribution in [3.8, 4) is 0 Å². The number of rotatable bonds is 3. The molecule has 0 unspecified atom stereocenters. The summed E-state index contributed by atoms with van der Waals surface area (Å²) in [7, 11) is 1.95. The Bertz CT molecular complexity index is 552. The number of pyridine rings is 1. The highest BCUT2D eigenvalue weighted by Crippen LogP contribution is 2.24. The van der Waals surface area contributed by atoms with Crippen LogP contribution in [0, 0.1) is 0 Å². The number of hydrogen-bond donors (Lipinski definition) is 1. The molecule has 2 heterocycles. The van der Waals surface area contributed by atoms with E-state index in [4.69, 9.17) is 11.6 Å².